The molecule has 0 aliphatic carbocycles. The summed E-state index contributed by atoms with van der Waals surface area (Å²) < 4.78 is 52.3. The maximum atomic E-state index is 13.6. The Bertz CT molecular complexity index is 656. The fourth-order valence-electron chi connectivity index (χ4n) is 2.30. The van der Waals surface area contributed by atoms with Gasteiger partial charge in [-0.05, 0) is 25.0 Å². The SMILES string of the molecule is NC(=NO)C1CCN(S(=O)(=O)c2ccc(F)cc2F)CC1. The van der Waals surface area contributed by atoms with E-state index in [-0.39, 0.29) is 24.8 Å². The molecule has 2 rings (SSSR count). The van der Waals surface area contributed by atoms with Crippen LogP contribution in [0.2, 0.25) is 0 Å². The van der Waals surface area contributed by atoms with Crippen LogP contribution < -0.4 is 5.73 Å². The number of rotatable bonds is 3. The molecule has 6 nitrogen and oxygen atoms in total. The molecule has 1 saturated heterocycles. The molecule has 0 saturated carbocycles. The number of benzene rings is 1. The fourth-order valence-corrected chi connectivity index (χ4v) is 3.81. The maximum Gasteiger partial charge on any atom is 0.245 e. The average Bonchev–Trinajstić information content (AvgIpc) is 2.46. The van der Waals surface area contributed by atoms with Crippen molar-refractivity contribution >= 4 is 15.9 Å². The van der Waals surface area contributed by atoms with Crippen LogP contribution in [0.5, 0.6) is 0 Å². The number of hydrogen-bond donors (Lipinski definition) is 2. The Morgan fingerprint density at radius 2 is 1.95 bits per heavy atom. The van der Waals surface area contributed by atoms with Gasteiger partial charge in [-0.25, -0.2) is 17.2 Å². The molecule has 0 bridgehead atoms. The number of halogens is 2. The summed E-state index contributed by atoms with van der Waals surface area (Å²) in [5.74, 6) is -2.11. The molecule has 0 spiro atoms. The van der Waals surface area contributed by atoms with E-state index in [1.807, 2.05) is 0 Å². The van der Waals surface area contributed by atoms with Crippen LogP contribution in [0.15, 0.2) is 28.3 Å². The van der Waals surface area contributed by atoms with Crippen LogP contribution in [-0.2, 0) is 10.0 Å². The first-order valence-corrected chi connectivity index (χ1v) is 7.73. The Morgan fingerprint density at radius 1 is 1.33 bits per heavy atom. The van der Waals surface area contributed by atoms with Crippen molar-refractivity contribution in [1.82, 2.24) is 4.31 Å². The highest BCUT2D eigenvalue weighted by Gasteiger charge is 2.32. The summed E-state index contributed by atoms with van der Waals surface area (Å²) in [6.45, 7) is 0.250. The second kappa shape index (κ2) is 5.94. The van der Waals surface area contributed by atoms with Gasteiger partial charge in [0.25, 0.3) is 0 Å². The Hall–Kier alpha value is -1.74. The van der Waals surface area contributed by atoms with Crippen LogP contribution in [0.25, 0.3) is 0 Å². The van der Waals surface area contributed by atoms with Gasteiger partial charge in [-0.3, -0.25) is 0 Å². The highest BCUT2D eigenvalue weighted by atomic mass is 32.2. The van der Waals surface area contributed by atoms with Gasteiger partial charge in [0.2, 0.25) is 10.0 Å². The highest BCUT2D eigenvalue weighted by molar-refractivity contribution is 7.89. The van der Waals surface area contributed by atoms with Crippen molar-refractivity contribution in [3.63, 3.8) is 0 Å². The van der Waals surface area contributed by atoms with E-state index in [1.165, 1.54) is 0 Å². The minimum atomic E-state index is -4.02. The van der Waals surface area contributed by atoms with Gasteiger partial charge >= 0.3 is 0 Å². The number of piperidine rings is 1. The summed E-state index contributed by atoms with van der Waals surface area (Å²) in [7, 11) is -4.02. The zero-order valence-corrected chi connectivity index (χ0v) is 11.9. The Balaban J connectivity index is 2.19. The minimum Gasteiger partial charge on any atom is -0.409 e. The topological polar surface area (TPSA) is 96.0 Å². The van der Waals surface area contributed by atoms with Crippen molar-refractivity contribution in [2.75, 3.05) is 13.1 Å². The van der Waals surface area contributed by atoms with Crippen LogP contribution in [0.4, 0.5) is 8.78 Å². The van der Waals surface area contributed by atoms with E-state index in [0.29, 0.717) is 18.9 Å². The van der Waals surface area contributed by atoms with Crippen LogP contribution in [0.1, 0.15) is 12.8 Å². The lowest BCUT2D eigenvalue weighted by molar-refractivity contribution is 0.290. The van der Waals surface area contributed by atoms with Crippen molar-refractivity contribution < 1.29 is 22.4 Å². The zero-order valence-electron chi connectivity index (χ0n) is 11.0. The number of oxime groups is 1. The summed E-state index contributed by atoms with van der Waals surface area (Å²) in [6.07, 6.45) is 0.746. The molecular weight excluding hydrogens is 304 g/mol. The Morgan fingerprint density at radius 3 is 2.48 bits per heavy atom. The second-order valence-electron chi connectivity index (χ2n) is 4.78. The summed E-state index contributed by atoms with van der Waals surface area (Å²) in [5, 5.41) is 11.5. The van der Waals surface area contributed by atoms with Gasteiger partial charge in [0, 0.05) is 25.1 Å². The summed E-state index contributed by atoms with van der Waals surface area (Å²) in [5.41, 5.74) is 5.48. The molecule has 0 aromatic heterocycles. The van der Waals surface area contributed by atoms with Crippen LogP contribution >= 0.6 is 0 Å². The molecule has 1 aromatic carbocycles. The predicted molar refractivity (Wildman–Crippen MR) is 71.2 cm³/mol. The van der Waals surface area contributed by atoms with E-state index in [4.69, 9.17) is 10.9 Å². The summed E-state index contributed by atoms with van der Waals surface area (Å²) in [4.78, 5) is -0.550. The molecule has 0 radical (unpaired) electrons. The minimum absolute atomic E-state index is 0.0556. The molecule has 1 aromatic rings. The van der Waals surface area contributed by atoms with E-state index in [0.717, 1.165) is 16.4 Å². The van der Waals surface area contributed by atoms with E-state index in [2.05, 4.69) is 5.16 Å². The van der Waals surface area contributed by atoms with E-state index >= 15 is 0 Å². The molecule has 1 aliphatic rings. The monoisotopic (exact) mass is 319 g/mol. The van der Waals surface area contributed by atoms with Crippen molar-refractivity contribution in [3.05, 3.63) is 29.8 Å². The van der Waals surface area contributed by atoms with Gasteiger partial charge in [-0.15, -0.1) is 0 Å². The summed E-state index contributed by atoms with van der Waals surface area (Å²) >= 11 is 0. The highest BCUT2D eigenvalue weighted by Crippen LogP contribution is 2.25. The third-order valence-corrected chi connectivity index (χ3v) is 5.43. The Kier molecular flexibility index (Phi) is 4.43. The molecule has 9 heteroatoms. The number of nitrogens with two attached hydrogens (primary N) is 1. The van der Waals surface area contributed by atoms with Crippen LogP contribution in [-0.4, -0.2) is 36.9 Å². The third-order valence-electron chi connectivity index (χ3n) is 3.50. The molecule has 0 unspecified atom stereocenters. The molecular formula is C12H15F2N3O3S. The molecule has 1 heterocycles. The van der Waals surface area contributed by atoms with Crippen molar-refractivity contribution in [1.29, 1.82) is 0 Å². The van der Waals surface area contributed by atoms with Crippen molar-refractivity contribution in [3.8, 4) is 0 Å². The molecule has 21 heavy (non-hydrogen) atoms. The predicted octanol–water partition coefficient (Wildman–Crippen LogP) is 1.11. The number of nitrogens with zero attached hydrogens (tertiary/aromatic N) is 2. The van der Waals surface area contributed by atoms with Gasteiger partial charge in [0.15, 0.2) is 0 Å². The number of hydrogen-bond acceptors (Lipinski definition) is 4. The molecule has 1 aliphatic heterocycles. The van der Waals surface area contributed by atoms with Gasteiger partial charge in [-0.2, -0.15) is 4.31 Å². The van der Waals surface area contributed by atoms with Crippen molar-refractivity contribution in [2.24, 2.45) is 16.8 Å². The van der Waals surface area contributed by atoms with Gasteiger partial charge < -0.3 is 10.9 Å². The smallest absolute Gasteiger partial charge is 0.245 e. The molecule has 3 N–H and O–H groups in total. The van der Waals surface area contributed by atoms with Gasteiger partial charge in [-0.1, -0.05) is 5.16 Å². The van der Waals surface area contributed by atoms with E-state index in [1.54, 1.807) is 0 Å². The lowest BCUT2D eigenvalue weighted by Crippen LogP contribution is -2.42. The van der Waals surface area contributed by atoms with Crippen molar-refractivity contribution in [2.45, 2.75) is 17.7 Å². The van der Waals surface area contributed by atoms with Crippen LogP contribution in [0, 0.1) is 17.6 Å². The van der Waals surface area contributed by atoms with E-state index < -0.39 is 26.6 Å². The summed E-state index contributed by atoms with van der Waals surface area (Å²) in [6, 6.07) is 2.35. The first-order chi connectivity index (χ1) is 9.86. The second-order valence-corrected chi connectivity index (χ2v) is 6.68. The van der Waals surface area contributed by atoms with Gasteiger partial charge in [0.05, 0.1) is 0 Å². The lowest BCUT2D eigenvalue weighted by atomic mass is 9.97. The first kappa shape index (κ1) is 15.6. The molecule has 0 atom stereocenters. The van der Waals surface area contributed by atoms with E-state index in [9.17, 15) is 17.2 Å². The first-order valence-electron chi connectivity index (χ1n) is 6.29. The molecule has 116 valence electrons. The van der Waals surface area contributed by atoms with Crippen LogP contribution in [0.3, 0.4) is 0 Å². The molecule has 1 fully saturated rings. The lowest BCUT2D eigenvalue weighted by Gasteiger charge is -2.30. The largest absolute Gasteiger partial charge is 0.409 e. The van der Waals surface area contributed by atoms with Gasteiger partial charge in [0.1, 0.15) is 22.4 Å². The fraction of sp³-hybridized carbons (Fsp3) is 0.417. The zero-order chi connectivity index (χ0) is 15.6. The number of sulfonamides is 1. The molecule has 0 amide bonds. The quantitative estimate of drug-likeness (QED) is 0.377. The average molecular weight is 319 g/mol. The maximum absolute atomic E-state index is 13.6. The number of amidine groups is 1. The Labute approximate surface area is 120 Å². The normalized spacial score (nSPS) is 18.9. The third kappa shape index (κ3) is 3.13. The standard InChI is InChI=1S/C12H15F2N3O3S/c13-9-1-2-11(10(14)7-9)21(19,20)17-5-3-8(4-6-17)12(15)16-18/h1-2,7-8,18H,3-6H2,(H2,15,16).